The lowest BCUT2D eigenvalue weighted by Crippen LogP contribution is -2.24. The number of aromatic nitrogens is 1. The van der Waals surface area contributed by atoms with Crippen LogP contribution in [-0.2, 0) is 6.54 Å². The molecule has 1 amide bonds. The standard InChI is InChI=1S/C13H13N3OS2/c1-16(13(17)12-6-15-9-19-12)7-11-5-10(8-18-11)3-2-4-14/h5-6,8-9H,4,7,14H2,1H3. The van der Waals surface area contributed by atoms with Gasteiger partial charge in [-0.05, 0) is 6.07 Å². The van der Waals surface area contributed by atoms with E-state index < -0.39 is 0 Å². The number of nitrogens with zero attached hydrogens (tertiary/aromatic N) is 2. The molecule has 0 saturated carbocycles. The fraction of sp³-hybridized carbons (Fsp3) is 0.231. The number of thiophene rings is 1. The molecule has 0 fully saturated rings. The molecule has 0 aromatic carbocycles. The first-order valence-corrected chi connectivity index (χ1v) is 7.37. The first kappa shape index (κ1) is 13.7. The molecule has 0 aliphatic rings. The maximum atomic E-state index is 12.0. The Morgan fingerprint density at radius 2 is 2.37 bits per heavy atom. The Bertz CT molecular complexity index is 607. The van der Waals surface area contributed by atoms with Gasteiger partial charge in [-0.1, -0.05) is 11.8 Å². The van der Waals surface area contributed by atoms with Crippen molar-refractivity contribution in [1.82, 2.24) is 9.88 Å². The second-order valence-corrected chi connectivity index (χ2v) is 5.72. The second-order valence-electron chi connectivity index (χ2n) is 3.83. The fourth-order valence-electron chi connectivity index (χ4n) is 1.50. The van der Waals surface area contributed by atoms with Crippen LogP contribution in [0.2, 0.25) is 0 Å². The summed E-state index contributed by atoms with van der Waals surface area (Å²) in [5.74, 6) is 5.78. The van der Waals surface area contributed by atoms with Gasteiger partial charge in [-0.15, -0.1) is 22.7 Å². The van der Waals surface area contributed by atoms with Crippen molar-refractivity contribution in [2.24, 2.45) is 5.73 Å². The van der Waals surface area contributed by atoms with Gasteiger partial charge in [0.1, 0.15) is 4.88 Å². The Labute approximate surface area is 119 Å². The molecule has 19 heavy (non-hydrogen) atoms. The third-order valence-electron chi connectivity index (χ3n) is 2.37. The normalized spacial score (nSPS) is 9.79. The molecule has 0 radical (unpaired) electrons. The van der Waals surface area contributed by atoms with E-state index in [1.165, 1.54) is 11.3 Å². The quantitative estimate of drug-likeness (QED) is 0.877. The number of hydrogen-bond acceptors (Lipinski definition) is 5. The van der Waals surface area contributed by atoms with E-state index in [2.05, 4.69) is 16.8 Å². The second kappa shape index (κ2) is 6.48. The molecule has 0 aliphatic heterocycles. The first-order chi connectivity index (χ1) is 9.20. The molecule has 0 aliphatic carbocycles. The Morgan fingerprint density at radius 1 is 1.53 bits per heavy atom. The summed E-state index contributed by atoms with van der Waals surface area (Å²) >= 11 is 2.94. The van der Waals surface area contributed by atoms with Gasteiger partial charge >= 0.3 is 0 Å². The SMILES string of the molecule is CN(Cc1cc(C#CCN)cs1)C(=O)c1cncs1. The summed E-state index contributed by atoms with van der Waals surface area (Å²) in [7, 11) is 1.78. The van der Waals surface area contributed by atoms with Crippen molar-refractivity contribution >= 4 is 28.6 Å². The molecule has 2 heterocycles. The van der Waals surface area contributed by atoms with Gasteiger partial charge in [-0.25, -0.2) is 0 Å². The van der Waals surface area contributed by atoms with E-state index in [0.29, 0.717) is 18.0 Å². The van der Waals surface area contributed by atoms with Crippen molar-refractivity contribution in [1.29, 1.82) is 0 Å². The molecule has 98 valence electrons. The summed E-state index contributed by atoms with van der Waals surface area (Å²) in [4.78, 5) is 19.4. The lowest BCUT2D eigenvalue weighted by molar-refractivity contribution is 0.0791. The summed E-state index contributed by atoms with van der Waals surface area (Å²) in [5, 5.41) is 1.98. The molecule has 6 heteroatoms. The number of carbonyl (C=O) groups excluding carboxylic acids is 1. The molecule has 2 N–H and O–H groups in total. The van der Waals surface area contributed by atoms with Crippen LogP contribution in [0.5, 0.6) is 0 Å². The molecule has 0 unspecified atom stereocenters. The van der Waals surface area contributed by atoms with Gasteiger partial charge in [0.15, 0.2) is 0 Å². The van der Waals surface area contributed by atoms with Crippen LogP contribution in [0.1, 0.15) is 20.1 Å². The van der Waals surface area contributed by atoms with Gasteiger partial charge in [-0.2, -0.15) is 0 Å². The lowest BCUT2D eigenvalue weighted by atomic mass is 10.3. The number of amides is 1. The van der Waals surface area contributed by atoms with E-state index in [9.17, 15) is 4.79 Å². The van der Waals surface area contributed by atoms with Gasteiger partial charge in [0.05, 0.1) is 24.8 Å². The molecule has 4 nitrogen and oxygen atoms in total. The Kier molecular flexibility index (Phi) is 4.68. The summed E-state index contributed by atoms with van der Waals surface area (Å²) in [6.45, 7) is 0.931. The molecular weight excluding hydrogens is 278 g/mol. The van der Waals surface area contributed by atoms with Crippen LogP contribution in [0, 0.1) is 11.8 Å². The zero-order chi connectivity index (χ0) is 13.7. The van der Waals surface area contributed by atoms with Crippen LogP contribution in [-0.4, -0.2) is 29.4 Å². The smallest absolute Gasteiger partial charge is 0.265 e. The highest BCUT2D eigenvalue weighted by atomic mass is 32.1. The fourth-order valence-corrected chi connectivity index (χ4v) is 2.98. The first-order valence-electron chi connectivity index (χ1n) is 5.61. The minimum atomic E-state index is -0.00880. The van der Waals surface area contributed by atoms with Crippen molar-refractivity contribution in [3.63, 3.8) is 0 Å². The number of hydrogen-bond donors (Lipinski definition) is 1. The molecule has 2 aromatic rings. The molecule has 0 bridgehead atoms. The zero-order valence-corrected chi connectivity index (χ0v) is 12.1. The summed E-state index contributed by atoms with van der Waals surface area (Å²) in [6, 6.07) is 1.99. The van der Waals surface area contributed by atoms with Crippen molar-refractivity contribution in [2.75, 3.05) is 13.6 Å². The van der Waals surface area contributed by atoms with Gasteiger partial charge in [0.25, 0.3) is 5.91 Å². The predicted octanol–water partition coefficient (Wildman–Crippen LogP) is 1.79. The van der Waals surface area contributed by atoms with Crippen LogP contribution in [0.15, 0.2) is 23.2 Å². The Balaban J connectivity index is 2.01. The van der Waals surface area contributed by atoms with Crippen molar-refractivity contribution in [2.45, 2.75) is 6.54 Å². The van der Waals surface area contributed by atoms with Crippen LogP contribution in [0.4, 0.5) is 0 Å². The van der Waals surface area contributed by atoms with E-state index >= 15 is 0 Å². The van der Waals surface area contributed by atoms with E-state index in [4.69, 9.17) is 5.73 Å². The highest BCUT2D eigenvalue weighted by Crippen LogP contribution is 2.17. The zero-order valence-electron chi connectivity index (χ0n) is 10.4. The summed E-state index contributed by atoms with van der Waals surface area (Å²) in [6.07, 6.45) is 1.59. The van der Waals surface area contributed by atoms with Crippen LogP contribution < -0.4 is 5.73 Å². The monoisotopic (exact) mass is 291 g/mol. The molecular formula is C13H13N3OS2. The average molecular weight is 291 g/mol. The molecule has 0 saturated heterocycles. The third-order valence-corrected chi connectivity index (χ3v) is 4.05. The number of thiazole rings is 1. The Morgan fingerprint density at radius 3 is 3.05 bits per heavy atom. The largest absolute Gasteiger partial charge is 0.336 e. The van der Waals surface area contributed by atoms with E-state index in [0.717, 1.165) is 10.4 Å². The van der Waals surface area contributed by atoms with E-state index in [1.54, 1.807) is 35.0 Å². The van der Waals surface area contributed by atoms with Crippen molar-refractivity contribution in [3.8, 4) is 11.8 Å². The minimum Gasteiger partial charge on any atom is -0.336 e. The summed E-state index contributed by atoms with van der Waals surface area (Å²) in [5.41, 5.74) is 7.94. The maximum absolute atomic E-state index is 12.0. The maximum Gasteiger partial charge on any atom is 0.265 e. The molecule has 2 rings (SSSR count). The number of carbonyl (C=O) groups is 1. The molecule has 0 spiro atoms. The van der Waals surface area contributed by atoms with E-state index in [-0.39, 0.29) is 5.91 Å². The third kappa shape index (κ3) is 3.64. The topological polar surface area (TPSA) is 59.2 Å². The van der Waals surface area contributed by atoms with Gasteiger partial charge < -0.3 is 10.6 Å². The minimum absolute atomic E-state index is 0.00880. The van der Waals surface area contributed by atoms with Crippen LogP contribution in [0.25, 0.3) is 0 Å². The number of nitrogens with two attached hydrogens (primary N) is 1. The molecule has 0 atom stereocenters. The Hall–Kier alpha value is -1.68. The van der Waals surface area contributed by atoms with Crippen LogP contribution >= 0.6 is 22.7 Å². The lowest BCUT2D eigenvalue weighted by Gasteiger charge is -2.14. The highest BCUT2D eigenvalue weighted by Gasteiger charge is 2.14. The summed E-state index contributed by atoms with van der Waals surface area (Å²) < 4.78 is 0. The van der Waals surface area contributed by atoms with Gasteiger partial charge in [0, 0.05) is 22.9 Å². The predicted molar refractivity (Wildman–Crippen MR) is 78.2 cm³/mol. The average Bonchev–Trinajstić information content (AvgIpc) is 3.06. The van der Waals surface area contributed by atoms with E-state index in [1.807, 2.05) is 11.4 Å². The van der Waals surface area contributed by atoms with Crippen LogP contribution in [0.3, 0.4) is 0 Å². The number of rotatable bonds is 3. The van der Waals surface area contributed by atoms with Gasteiger partial charge in [-0.3, -0.25) is 9.78 Å². The van der Waals surface area contributed by atoms with Crippen molar-refractivity contribution in [3.05, 3.63) is 38.5 Å². The van der Waals surface area contributed by atoms with Gasteiger partial charge in [0.2, 0.25) is 0 Å². The highest BCUT2D eigenvalue weighted by molar-refractivity contribution is 7.11. The molecule has 2 aromatic heterocycles. The van der Waals surface area contributed by atoms with Crippen molar-refractivity contribution < 1.29 is 4.79 Å².